The maximum atomic E-state index is 6.01. The van der Waals surface area contributed by atoms with E-state index >= 15 is 0 Å². The van der Waals surface area contributed by atoms with E-state index in [2.05, 4.69) is 35.1 Å². The lowest BCUT2D eigenvalue weighted by molar-refractivity contribution is 0.155. The summed E-state index contributed by atoms with van der Waals surface area (Å²) in [5.41, 5.74) is 5.17. The molecule has 0 aromatic carbocycles. The van der Waals surface area contributed by atoms with Gasteiger partial charge in [-0.2, -0.15) is 0 Å². The van der Waals surface area contributed by atoms with Crippen LogP contribution >= 0.6 is 0 Å². The molecule has 4 heteroatoms. The van der Waals surface area contributed by atoms with Crippen LogP contribution in [0.1, 0.15) is 95.6 Å². The molecule has 4 nitrogen and oxygen atoms in total. The predicted octanol–water partition coefficient (Wildman–Crippen LogP) is 7.57. The van der Waals surface area contributed by atoms with Gasteiger partial charge in [-0.1, -0.05) is 58.3 Å². The van der Waals surface area contributed by atoms with Gasteiger partial charge in [-0.15, -0.1) is 0 Å². The molecule has 0 spiro atoms. The summed E-state index contributed by atoms with van der Waals surface area (Å²) in [7, 11) is 0. The zero-order valence-electron chi connectivity index (χ0n) is 19.5. The molecule has 31 heavy (non-hydrogen) atoms. The molecule has 168 valence electrons. The van der Waals surface area contributed by atoms with Crippen LogP contribution in [0, 0.1) is 0 Å². The van der Waals surface area contributed by atoms with Crippen LogP contribution in [-0.4, -0.2) is 21.8 Å². The van der Waals surface area contributed by atoms with Crippen LogP contribution in [-0.2, 0) is 11.2 Å². The maximum absolute atomic E-state index is 6.01. The molecule has 0 saturated heterocycles. The number of rotatable bonds is 14. The lowest BCUT2D eigenvalue weighted by Gasteiger charge is -2.10. The zero-order chi connectivity index (χ0) is 21.9. The summed E-state index contributed by atoms with van der Waals surface area (Å²) >= 11 is 0. The number of hydrogen-bond acceptors (Lipinski definition) is 2. The Morgan fingerprint density at radius 2 is 1.71 bits per heavy atom. The molecule has 2 aromatic heterocycles. The first-order valence-corrected chi connectivity index (χ1v) is 12.2. The fraction of sp³-hybridized carbons (Fsp3) is 0.519. The van der Waals surface area contributed by atoms with Gasteiger partial charge >= 0.3 is 0 Å². The molecule has 0 saturated carbocycles. The van der Waals surface area contributed by atoms with Crippen molar-refractivity contribution in [1.29, 1.82) is 0 Å². The van der Waals surface area contributed by atoms with E-state index in [4.69, 9.17) is 9.73 Å². The summed E-state index contributed by atoms with van der Waals surface area (Å²) in [6.45, 7) is 6.37. The van der Waals surface area contributed by atoms with E-state index in [1.807, 2.05) is 38.3 Å². The van der Waals surface area contributed by atoms with Crippen molar-refractivity contribution in [1.82, 2.24) is 9.97 Å². The Bertz CT molecular complexity index is 868. The second-order valence-electron chi connectivity index (χ2n) is 8.80. The summed E-state index contributed by atoms with van der Waals surface area (Å²) in [6.07, 6.45) is 19.5. The van der Waals surface area contributed by atoms with Gasteiger partial charge in [-0.3, -0.25) is 0 Å². The average molecular weight is 422 g/mol. The molecule has 0 amide bonds. The Hall–Kier alpha value is -2.49. The van der Waals surface area contributed by atoms with E-state index in [0.29, 0.717) is 0 Å². The van der Waals surface area contributed by atoms with Gasteiger partial charge in [0.05, 0.1) is 17.5 Å². The van der Waals surface area contributed by atoms with Crippen molar-refractivity contribution in [2.45, 2.75) is 91.1 Å². The minimum absolute atomic E-state index is 0.110. The number of allylic oxidation sites excluding steroid dienone is 1. The van der Waals surface area contributed by atoms with Crippen LogP contribution in [0.15, 0.2) is 53.0 Å². The van der Waals surface area contributed by atoms with Crippen molar-refractivity contribution in [3.05, 3.63) is 65.1 Å². The van der Waals surface area contributed by atoms with Gasteiger partial charge in [0.1, 0.15) is 11.5 Å². The summed E-state index contributed by atoms with van der Waals surface area (Å²) in [5.74, 6) is 0.828. The van der Waals surface area contributed by atoms with Crippen LogP contribution in [0.2, 0.25) is 0 Å². The molecular formula is C27H39N3O. The molecular weight excluding hydrogens is 382 g/mol. The first-order valence-electron chi connectivity index (χ1n) is 12.2. The molecule has 0 radical (unpaired) electrons. The minimum Gasteiger partial charge on any atom is -0.489 e. The number of ether oxygens (including phenoxy) is 1. The number of unbranched alkanes of at least 4 members (excludes halogenated alkanes) is 8. The Labute approximate surface area is 187 Å². The Kier molecular flexibility index (Phi) is 9.26. The van der Waals surface area contributed by atoms with Crippen molar-refractivity contribution >= 4 is 11.8 Å². The molecule has 3 rings (SSSR count). The van der Waals surface area contributed by atoms with Crippen molar-refractivity contribution in [3.63, 3.8) is 0 Å². The third-order valence-electron chi connectivity index (χ3n) is 5.61. The molecule has 0 fully saturated rings. The van der Waals surface area contributed by atoms with E-state index in [1.54, 1.807) is 0 Å². The molecule has 1 aliphatic heterocycles. The second kappa shape index (κ2) is 12.4. The Morgan fingerprint density at radius 1 is 0.968 bits per heavy atom. The molecule has 0 unspecified atom stereocenters. The topological polar surface area (TPSA) is 53.2 Å². The quantitative estimate of drug-likeness (QED) is 0.304. The standard InChI is InChI=1S/C27H39N3O/c1-4-5-6-7-8-9-10-11-12-14-22-16-17-23(29-22)19-26-27(31-21(2)3)20-25(30-26)24-15-13-18-28-24/h13,15-21,28-29H,4-12,14H2,1-3H3/b26-19-. The number of hydrogen-bond donors (Lipinski definition) is 2. The third kappa shape index (κ3) is 7.61. The number of nitrogens with one attached hydrogen (secondary N) is 2. The van der Waals surface area contributed by atoms with Crippen LogP contribution in [0.4, 0.5) is 0 Å². The minimum atomic E-state index is 0.110. The first kappa shape index (κ1) is 23.2. The molecule has 0 bridgehead atoms. The lowest BCUT2D eigenvalue weighted by Crippen LogP contribution is -2.02. The van der Waals surface area contributed by atoms with Crippen molar-refractivity contribution < 1.29 is 4.74 Å². The molecule has 2 aromatic rings. The monoisotopic (exact) mass is 421 g/mol. The van der Waals surface area contributed by atoms with Gasteiger partial charge in [0, 0.05) is 23.7 Å². The fourth-order valence-corrected chi connectivity index (χ4v) is 3.96. The van der Waals surface area contributed by atoms with Crippen LogP contribution in [0.5, 0.6) is 0 Å². The van der Waals surface area contributed by atoms with E-state index in [9.17, 15) is 0 Å². The molecule has 0 atom stereocenters. The summed E-state index contributed by atoms with van der Waals surface area (Å²) in [5, 5.41) is 0. The maximum Gasteiger partial charge on any atom is 0.147 e. The summed E-state index contributed by atoms with van der Waals surface area (Å²) in [6, 6.07) is 8.36. The highest BCUT2D eigenvalue weighted by molar-refractivity contribution is 6.11. The molecule has 1 aliphatic rings. The van der Waals surface area contributed by atoms with Gasteiger partial charge < -0.3 is 14.7 Å². The lowest BCUT2D eigenvalue weighted by atomic mass is 10.1. The summed E-state index contributed by atoms with van der Waals surface area (Å²) < 4.78 is 6.01. The van der Waals surface area contributed by atoms with Crippen molar-refractivity contribution in [2.75, 3.05) is 0 Å². The van der Waals surface area contributed by atoms with Gasteiger partial charge in [0.25, 0.3) is 0 Å². The van der Waals surface area contributed by atoms with Gasteiger partial charge in [-0.05, 0) is 57.0 Å². The SMILES string of the molecule is CCCCCCCCCCCc1ccc(/C=C2\N=C(c3ccc[nH]3)C=C2OC(C)C)[nH]1. The van der Waals surface area contributed by atoms with E-state index in [1.165, 1.54) is 63.5 Å². The first-order chi connectivity index (χ1) is 15.2. The Morgan fingerprint density at radius 3 is 2.39 bits per heavy atom. The highest BCUT2D eigenvalue weighted by Crippen LogP contribution is 2.26. The normalized spacial score (nSPS) is 15.0. The van der Waals surface area contributed by atoms with Crippen LogP contribution in [0.3, 0.4) is 0 Å². The number of aliphatic imine (C=N–C) groups is 1. The van der Waals surface area contributed by atoms with Crippen LogP contribution in [0.25, 0.3) is 6.08 Å². The second-order valence-corrected chi connectivity index (χ2v) is 8.80. The smallest absolute Gasteiger partial charge is 0.147 e. The van der Waals surface area contributed by atoms with E-state index in [-0.39, 0.29) is 6.10 Å². The number of aromatic amines is 2. The predicted molar refractivity (Wildman–Crippen MR) is 131 cm³/mol. The van der Waals surface area contributed by atoms with E-state index in [0.717, 1.165) is 35.0 Å². The Balaban J connectivity index is 1.50. The molecule has 0 aliphatic carbocycles. The largest absolute Gasteiger partial charge is 0.489 e. The average Bonchev–Trinajstić information content (AvgIpc) is 3.49. The zero-order valence-corrected chi connectivity index (χ0v) is 19.5. The van der Waals surface area contributed by atoms with Gasteiger partial charge in [0.15, 0.2) is 0 Å². The van der Waals surface area contributed by atoms with Crippen LogP contribution < -0.4 is 0 Å². The number of nitrogens with zero attached hydrogens (tertiary/aromatic N) is 1. The molecule has 3 heterocycles. The van der Waals surface area contributed by atoms with Gasteiger partial charge in [0.2, 0.25) is 0 Å². The highest BCUT2D eigenvalue weighted by atomic mass is 16.5. The number of aromatic nitrogens is 2. The van der Waals surface area contributed by atoms with Crippen molar-refractivity contribution in [3.8, 4) is 0 Å². The van der Waals surface area contributed by atoms with Crippen molar-refractivity contribution in [2.24, 2.45) is 4.99 Å². The third-order valence-corrected chi connectivity index (χ3v) is 5.61. The highest BCUT2D eigenvalue weighted by Gasteiger charge is 2.19. The van der Waals surface area contributed by atoms with Gasteiger partial charge in [-0.25, -0.2) is 4.99 Å². The number of H-pyrrole nitrogens is 2. The molecule has 2 N–H and O–H groups in total. The number of aryl methyl sites for hydroxylation is 1. The summed E-state index contributed by atoms with van der Waals surface area (Å²) in [4.78, 5) is 11.6. The van der Waals surface area contributed by atoms with E-state index < -0.39 is 0 Å². The fourth-order valence-electron chi connectivity index (χ4n) is 3.96.